The molecule has 10 heteroatoms. The topological polar surface area (TPSA) is 122 Å². The molecule has 8 nitrogen and oxygen atoms in total. The Kier molecular flexibility index (Phi) is 6.98. The van der Waals surface area contributed by atoms with E-state index in [9.17, 15) is 13.6 Å². The van der Waals surface area contributed by atoms with Crippen molar-refractivity contribution in [3.05, 3.63) is 89.1 Å². The number of hydrogen-bond donors (Lipinski definition) is 3. The van der Waals surface area contributed by atoms with Gasteiger partial charge in [0.1, 0.15) is 29.3 Å². The molecule has 0 radical (unpaired) electrons. The summed E-state index contributed by atoms with van der Waals surface area (Å²) in [6, 6.07) is 9.98. The number of amides is 1. The van der Waals surface area contributed by atoms with Crippen LogP contribution in [0.3, 0.4) is 0 Å². The summed E-state index contributed by atoms with van der Waals surface area (Å²) >= 11 is 0. The van der Waals surface area contributed by atoms with Gasteiger partial charge in [-0.05, 0) is 66.9 Å². The molecule has 1 amide bonds. The van der Waals surface area contributed by atoms with Gasteiger partial charge < -0.3 is 16.0 Å². The molecule has 1 saturated carbocycles. The summed E-state index contributed by atoms with van der Waals surface area (Å²) in [6.45, 7) is 0.0651. The third-order valence-corrected chi connectivity index (χ3v) is 6.31. The van der Waals surface area contributed by atoms with Gasteiger partial charge in [0.2, 0.25) is 0 Å². The number of H-pyrrole nitrogens is 1. The zero-order chi connectivity index (χ0) is 25.8. The highest BCUT2D eigenvalue weighted by atomic mass is 19.1. The average Bonchev–Trinajstić information content (AvgIpc) is 3.58. The molecule has 0 unspecified atom stereocenters. The van der Waals surface area contributed by atoms with Gasteiger partial charge in [-0.15, -0.1) is 0 Å². The fraction of sp³-hybridized carbons (Fsp3) is 0.222. The van der Waals surface area contributed by atoms with Crippen LogP contribution in [0.4, 0.5) is 14.5 Å². The van der Waals surface area contributed by atoms with E-state index in [4.69, 9.17) is 5.73 Å². The Balaban J connectivity index is 1.28. The van der Waals surface area contributed by atoms with Crippen molar-refractivity contribution in [1.29, 1.82) is 0 Å². The third-order valence-electron chi connectivity index (χ3n) is 6.31. The van der Waals surface area contributed by atoms with Gasteiger partial charge in [-0.25, -0.2) is 23.7 Å². The summed E-state index contributed by atoms with van der Waals surface area (Å²) in [5.41, 5.74) is 9.05. The molecule has 1 fully saturated rings. The van der Waals surface area contributed by atoms with E-state index in [2.05, 4.69) is 30.2 Å². The minimum atomic E-state index is -0.493. The van der Waals surface area contributed by atoms with Crippen molar-refractivity contribution < 1.29 is 13.6 Å². The van der Waals surface area contributed by atoms with Crippen LogP contribution in [0.25, 0.3) is 16.9 Å². The second-order valence-electron chi connectivity index (χ2n) is 8.93. The summed E-state index contributed by atoms with van der Waals surface area (Å²) in [5.74, 6) is -0.0874. The Hall–Kier alpha value is -4.47. The average molecular weight is 502 g/mol. The first-order chi connectivity index (χ1) is 18.0. The quantitative estimate of drug-likeness (QED) is 0.310. The van der Waals surface area contributed by atoms with Crippen LogP contribution < -0.4 is 11.1 Å². The Labute approximate surface area is 211 Å². The lowest BCUT2D eigenvalue weighted by molar-refractivity contribution is 0.0947. The van der Waals surface area contributed by atoms with Crippen LogP contribution in [-0.4, -0.2) is 32.1 Å². The molecule has 5 rings (SSSR count). The normalized spacial score (nSPS) is 14.6. The van der Waals surface area contributed by atoms with Crippen molar-refractivity contribution in [3.8, 4) is 0 Å². The van der Waals surface area contributed by atoms with Crippen LogP contribution in [0.1, 0.15) is 59.0 Å². The van der Waals surface area contributed by atoms with Crippen molar-refractivity contribution >= 4 is 34.7 Å². The fourth-order valence-electron chi connectivity index (χ4n) is 4.42. The van der Waals surface area contributed by atoms with E-state index in [0.717, 1.165) is 31.5 Å². The predicted octanol–water partition coefficient (Wildman–Crippen LogP) is 4.92. The number of benzene rings is 2. The Morgan fingerprint density at radius 2 is 1.89 bits per heavy atom. The minimum Gasteiger partial charge on any atom is -0.398 e. The molecule has 0 saturated heterocycles. The zero-order valence-corrected chi connectivity index (χ0v) is 19.9. The number of halogens is 2. The molecule has 2 heterocycles. The zero-order valence-electron chi connectivity index (χ0n) is 19.9. The molecule has 0 atom stereocenters. The smallest absolute Gasteiger partial charge is 0.272 e. The van der Waals surface area contributed by atoms with Crippen LogP contribution in [0.2, 0.25) is 0 Å². The standard InChI is InChI=1S/C27H25F2N7O/c28-19-5-7-21(8-6-19)31-10-9-22(30)18-11-16(12-20(29)13-18)14-32-27(37)24-23-26(34-15-33-24)36-25(35-23)17-3-1-2-4-17/h5-13,15,17H,1-4,14,30H2,(H,32,37)(H,33,34,35,36). The molecule has 188 valence electrons. The molecule has 1 aliphatic carbocycles. The first kappa shape index (κ1) is 24.2. The van der Waals surface area contributed by atoms with Crippen molar-refractivity contribution in [3.63, 3.8) is 0 Å². The number of fused-ring (bicyclic) bond motifs is 1. The van der Waals surface area contributed by atoms with Gasteiger partial charge in [0.25, 0.3) is 5.91 Å². The van der Waals surface area contributed by atoms with E-state index in [1.165, 1.54) is 55.0 Å². The third kappa shape index (κ3) is 5.69. The van der Waals surface area contributed by atoms with Gasteiger partial charge >= 0.3 is 0 Å². The van der Waals surface area contributed by atoms with Gasteiger partial charge in [-0.2, -0.15) is 0 Å². The Morgan fingerprint density at radius 1 is 1.11 bits per heavy atom. The molecule has 2 aromatic heterocycles. The summed E-state index contributed by atoms with van der Waals surface area (Å²) in [5, 5.41) is 2.79. The molecule has 0 spiro atoms. The molecule has 2 aromatic carbocycles. The van der Waals surface area contributed by atoms with Crippen LogP contribution in [-0.2, 0) is 6.54 Å². The molecular weight excluding hydrogens is 476 g/mol. The largest absolute Gasteiger partial charge is 0.398 e. The van der Waals surface area contributed by atoms with E-state index in [-0.39, 0.29) is 23.8 Å². The van der Waals surface area contributed by atoms with E-state index in [1.807, 2.05) is 0 Å². The second kappa shape index (κ2) is 10.7. The lowest BCUT2D eigenvalue weighted by Gasteiger charge is -2.08. The molecule has 4 aromatic rings. The number of carbonyl (C=O) groups excluding carboxylic acids is 1. The van der Waals surface area contributed by atoms with E-state index in [0.29, 0.717) is 33.9 Å². The van der Waals surface area contributed by atoms with E-state index < -0.39 is 11.7 Å². The maximum Gasteiger partial charge on any atom is 0.272 e. The highest BCUT2D eigenvalue weighted by Crippen LogP contribution is 2.33. The number of aromatic amines is 1. The SMILES string of the molecule is NC(=CC=Nc1ccc(F)cc1)c1cc(F)cc(CNC(=O)c2ncnc3nc(C4CCCC4)[nH]c23)c1. The molecule has 1 aliphatic rings. The van der Waals surface area contributed by atoms with Gasteiger partial charge in [0, 0.05) is 29.9 Å². The lowest BCUT2D eigenvalue weighted by Crippen LogP contribution is -2.24. The predicted molar refractivity (Wildman–Crippen MR) is 137 cm³/mol. The number of aromatic nitrogens is 4. The Bertz CT molecular complexity index is 1490. The van der Waals surface area contributed by atoms with Gasteiger partial charge in [-0.1, -0.05) is 12.8 Å². The second-order valence-corrected chi connectivity index (χ2v) is 8.93. The number of nitrogens with one attached hydrogen (secondary N) is 2. The molecule has 0 bridgehead atoms. The Morgan fingerprint density at radius 3 is 2.68 bits per heavy atom. The highest BCUT2D eigenvalue weighted by Gasteiger charge is 2.23. The van der Waals surface area contributed by atoms with Crippen LogP contribution in [0.15, 0.2) is 59.9 Å². The van der Waals surface area contributed by atoms with Gasteiger partial charge in [0.05, 0.1) is 5.69 Å². The lowest BCUT2D eigenvalue weighted by atomic mass is 10.1. The molecule has 37 heavy (non-hydrogen) atoms. The summed E-state index contributed by atoms with van der Waals surface area (Å²) in [4.78, 5) is 33.3. The van der Waals surface area contributed by atoms with E-state index in [1.54, 1.807) is 6.07 Å². The number of nitrogens with zero attached hydrogens (tertiary/aromatic N) is 4. The van der Waals surface area contributed by atoms with Crippen LogP contribution in [0, 0.1) is 11.6 Å². The number of carbonyl (C=O) groups is 1. The molecular formula is C27H25F2N7O. The van der Waals surface area contributed by atoms with Crippen molar-refractivity contribution in [1.82, 2.24) is 25.3 Å². The minimum absolute atomic E-state index is 0.0651. The fourth-order valence-corrected chi connectivity index (χ4v) is 4.42. The van der Waals surface area contributed by atoms with Crippen molar-refractivity contribution in [2.24, 2.45) is 10.7 Å². The van der Waals surface area contributed by atoms with Crippen molar-refractivity contribution in [2.45, 2.75) is 38.1 Å². The van der Waals surface area contributed by atoms with Crippen molar-refractivity contribution in [2.75, 3.05) is 0 Å². The van der Waals surface area contributed by atoms with Crippen LogP contribution in [0.5, 0.6) is 0 Å². The maximum absolute atomic E-state index is 14.3. The number of allylic oxidation sites excluding steroid dienone is 1. The molecule has 4 N–H and O–H groups in total. The number of hydrogen-bond acceptors (Lipinski definition) is 6. The van der Waals surface area contributed by atoms with Gasteiger partial charge in [-0.3, -0.25) is 9.79 Å². The number of rotatable bonds is 7. The summed E-state index contributed by atoms with van der Waals surface area (Å²) in [6.07, 6.45) is 8.75. The number of aliphatic imine (C=N–C) groups is 1. The highest BCUT2D eigenvalue weighted by molar-refractivity contribution is 6.02. The van der Waals surface area contributed by atoms with Crippen LogP contribution >= 0.6 is 0 Å². The first-order valence-corrected chi connectivity index (χ1v) is 12.0. The number of imidazole rings is 1. The van der Waals surface area contributed by atoms with E-state index >= 15 is 0 Å². The molecule has 0 aliphatic heterocycles. The first-order valence-electron chi connectivity index (χ1n) is 12.0. The number of nitrogens with two attached hydrogens (primary N) is 1. The van der Waals surface area contributed by atoms with Gasteiger partial charge in [0.15, 0.2) is 11.3 Å². The maximum atomic E-state index is 14.3. The summed E-state index contributed by atoms with van der Waals surface area (Å²) in [7, 11) is 0. The monoisotopic (exact) mass is 501 g/mol. The summed E-state index contributed by atoms with van der Waals surface area (Å²) < 4.78 is 27.3.